The topological polar surface area (TPSA) is 83.8 Å². The molecule has 1 saturated heterocycles. The van der Waals surface area contributed by atoms with Gasteiger partial charge in [0.1, 0.15) is 6.04 Å². The highest BCUT2D eigenvalue weighted by Crippen LogP contribution is 2.46. The fraction of sp³-hybridized carbons (Fsp3) is 0.696. The number of fused-ring (bicyclic) bond motifs is 1. The summed E-state index contributed by atoms with van der Waals surface area (Å²) in [5.74, 6) is 0.00442. The van der Waals surface area contributed by atoms with Crippen LogP contribution in [0.2, 0.25) is 0 Å². The van der Waals surface area contributed by atoms with Crippen LogP contribution in [0.3, 0.4) is 0 Å². The van der Waals surface area contributed by atoms with Crippen molar-refractivity contribution in [3.05, 3.63) is 29.7 Å². The quantitative estimate of drug-likeness (QED) is 0.460. The average molecular weight is 537 g/mol. The molecule has 206 valence electrons. The molecule has 8 nitrogen and oxygen atoms in total. The number of ether oxygens (including phenoxy) is 1. The number of halogens is 6. The van der Waals surface area contributed by atoms with Crippen molar-refractivity contribution in [2.24, 2.45) is 5.92 Å². The van der Waals surface area contributed by atoms with Crippen molar-refractivity contribution in [2.75, 3.05) is 13.2 Å². The van der Waals surface area contributed by atoms with Gasteiger partial charge in [0.05, 0.1) is 43.3 Å². The number of urea groups is 1. The molecule has 1 aliphatic heterocycles. The molecule has 0 bridgehead atoms. The van der Waals surface area contributed by atoms with Crippen LogP contribution < -0.4 is 10.6 Å². The summed E-state index contributed by atoms with van der Waals surface area (Å²) in [5.41, 5.74) is -1.06. The van der Waals surface area contributed by atoms with Crippen molar-refractivity contribution in [2.45, 2.75) is 82.7 Å². The van der Waals surface area contributed by atoms with Gasteiger partial charge in [-0.3, -0.25) is 0 Å². The summed E-state index contributed by atoms with van der Waals surface area (Å²) in [6, 6.07) is -2.44. The van der Waals surface area contributed by atoms with Crippen molar-refractivity contribution in [3.63, 3.8) is 0 Å². The summed E-state index contributed by atoms with van der Waals surface area (Å²) in [6.45, 7) is 4.77. The molecule has 4 rings (SSSR count). The number of aromatic nitrogens is 3. The number of imidazole rings is 1. The maximum absolute atomic E-state index is 13.3. The average Bonchev–Trinajstić information content (AvgIpc) is 3.38. The monoisotopic (exact) mass is 536 g/mol. The van der Waals surface area contributed by atoms with E-state index in [-0.39, 0.29) is 18.6 Å². The largest absolute Gasteiger partial charge is 0.416 e. The molecule has 14 heteroatoms. The SMILES string of the molecule is CC(C)NC(COC(C)(C)C(F)(F)F)c1cn2ncc(C(C3CC3)N3CC(C(F)(F)F)NC3=O)cc2n1. The van der Waals surface area contributed by atoms with Gasteiger partial charge in [-0.2, -0.15) is 31.4 Å². The van der Waals surface area contributed by atoms with E-state index in [1.54, 1.807) is 12.3 Å². The lowest BCUT2D eigenvalue weighted by atomic mass is 10.0. The number of hydrogen-bond acceptors (Lipinski definition) is 5. The van der Waals surface area contributed by atoms with E-state index in [9.17, 15) is 31.1 Å². The fourth-order valence-corrected chi connectivity index (χ4v) is 4.34. The van der Waals surface area contributed by atoms with Gasteiger partial charge in [0.15, 0.2) is 11.2 Å². The lowest BCUT2D eigenvalue weighted by Crippen LogP contribution is -2.44. The Morgan fingerprint density at radius 2 is 1.86 bits per heavy atom. The van der Waals surface area contributed by atoms with Crippen LogP contribution in [0.15, 0.2) is 18.5 Å². The van der Waals surface area contributed by atoms with E-state index in [4.69, 9.17) is 4.74 Å². The van der Waals surface area contributed by atoms with Crippen LogP contribution >= 0.6 is 0 Å². The predicted molar refractivity (Wildman–Crippen MR) is 121 cm³/mol. The summed E-state index contributed by atoms with van der Waals surface area (Å²) in [7, 11) is 0. The van der Waals surface area contributed by atoms with E-state index in [0.29, 0.717) is 16.9 Å². The van der Waals surface area contributed by atoms with Crippen LogP contribution in [0.25, 0.3) is 5.65 Å². The van der Waals surface area contributed by atoms with Gasteiger partial charge in [0.25, 0.3) is 0 Å². The Bertz CT molecular complexity index is 1130. The van der Waals surface area contributed by atoms with Crippen LogP contribution in [0, 0.1) is 5.92 Å². The van der Waals surface area contributed by atoms with Crippen LogP contribution in [0.5, 0.6) is 0 Å². The van der Waals surface area contributed by atoms with Crippen molar-refractivity contribution >= 4 is 11.7 Å². The number of carbonyl (C=O) groups is 1. The van der Waals surface area contributed by atoms with Crippen molar-refractivity contribution < 1.29 is 35.9 Å². The molecule has 37 heavy (non-hydrogen) atoms. The third-order valence-electron chi connectivity index (χ3n) is 6.62. The van der Waals surface area contributed by atoms with Crippen LogP contribution in [-0.4, -0.2) is 68.7 Å². The Kier molecular flexibility index (Phi) is 7.12. The van der Waals surface area contributed by atoms with Crippen molar-refractivity contribution in [1.29, 1.82) is 0 Å². The molecule has 0 radical (unpaired) electrons. The Balaban J connectivity index is 1.59. The van der Waals surface area contributed by atoms with E-state index in [1.807, 2.05) is 19.2 Å². The molecule has 2 aliphatic rings. The lowest BCUT2D eigenvalue weighted by Gasteiger charge is -2.30. The van der Waals surface area contributed by atoms with Gasteiger partial charge in [-0.1, -0.05) is 13.8 Å². The van der Waals surface area contributed by atoms with Crippen molar-refractivity contribution in [1.82, 2.24) is 30.1 Å². The van der Waals surface area contributed by atoms with Crippen molar-refractivity contribution in [3.8, 4) is 0 Å². The maximum Gasteiger partial charge on any atom is 0.416 e. The minimum atomic E-state index is -4.56. The molecule has 2 N–H and O–H groups in total. The molecule has 3 atom stereocenters. The molecule has 1 saturated carbocycles. The van der Waals surface area contributed by atoms with Gasteiger partial charge in [-0.25, -0.2) is 14.3 Å². The Morgan fingerprint density at radius 3 is 2.41 bits per heavy atom. The Hall–Kier alpha value is -2.61. The third kappa shape index (κ3) is 5.95. The summed E-state index contributed by atoms with van der Waals surface area (Å²) in [5, 5.41) is 9.49. The number of nitrogens with zero attached hydrogens (tertiary/aromatic N) is 4. The van der Waals surface area contributed by atoms with Gasteiger partial charge < -0.3 is 20.3 Å². The minimum Gasteiger partial charge on any atom is -0.364 e. The molecule has 3 heterocycles. The maximum atomic E-state index is 13.3. The number of nitrogens with one attached hydrogen (secondary N) is 2. The van der Waals surface area contributed by atoms with Gasteiger partial charge in [0.2, 0.25) is 0 Å². The zero-order valence-electron chi connectivity index (χ0n) is 20.8. The first kappa shape index (κ1) is 27.4. The van der Waals surface area contributed by atoms with E-state index >= 15 is 0 Å². The number of carbonyl (C=O) groups excluding carboxylic acids is 1. The molecular formula is C23H30F6N6O2. The number of hydrogen-bond donors (Lipinski definition) is 2. The molecule has 2 fully saturated rings. The number of rotatable bonds is 9. The molecule has 1 aliphatic carbocycles. The second kappa shape index (κ2) is 9.61. The van der Waals surface area contributed by atoms with Gasteiger partial charge in [0, 0.05) is 6.04 Å². The Morgan fingerprint density at radius 1 is 1.19 bits per heavy atom. The van der Waals surface area contributed by atoms with Gasteiger partial charge >= 0.3 is 18.4 Å². The Labute approximate surface area is 209 Å². The fourth-order valence-electron chi connectivity index (χ4n) is 4.34. The van der Waals surface area contributed by atoms with E-state index in [2.05, 4.69) is 15.4 Å². The molecule has 0 aromatic carbocycles. The van der Waals surface area contributed by atoms with Crippen LogP contribution in [0.4, 0.5) is 31.1 Å². The second-order valence-electron chi connectivity index (χ2n) is 10.4. The van der Waals surface area contributed by atoms with Crippen LogP contribution in [-0.2, 0) is 4.74 Å². The number of alkyl halides is 6. The first-order valence-electron chi connectivity index (χ1n) is 12.0. The van der Waals surface area contributed by atoms with Gasteiger partial charge in [-0.05, 0) is 44.2 Å². The first-order chi connectivity index (χ1) is 17.1. The minimum absolute atomic E-state index is 0.00442. The molecular weight excluding hydrogens is 506 g/mol. The standard InChI is InChI=1S/C23H30F6N6O2/c1-12(2)31-16(11-37-21(3,4)23(27,28)29)15-9-35-18(32-15)7-14(8-30-35)19(13-5-6-13)34-10-17(22(24,25)26)33-20(34)36/h7-9,12-13,16-17,19,31H,5-6,10-11H2,1-4H3,(H,33,36). The summed E-state index contributed by atoms with van der Waals surface area (Å²) in [4.78, 5) is 18.2. The van der Waals surface area contributed by atoms with E-state index in [0.717, 1.165) is 26.7 Å². The predicted octanol–water partition coefficient (Wildman–Crippen LogP) is 4.53. The zero-order chi connectivity index (χ0) is 27.3. The summed E-state index contributed by atoms with van der Waals surface area (Å²) < 4.78 is 86.2. The van der Waals surface area contributed by atoms with E-state index < -0.39 is 48.7 Å². The molecule has 0 spiro atoms. The molecule has 3 unspecified atom stereocenters. The highest BCUT2D eigenvalue weighted by molar-refractivity contribution is 5.77. The zero-order valence-corrected chi connectivity index (χ0v) is 20.8. The molecule has 2 aromatic rings. The summed E-state index contributed by atoms with van der Waals surface area (Å²) in [6.07, 6.45) is -4.53. The lowest BCUT2D eigenvalue weighted by molar-refractivity contribution is -0.265. The third-order valence-corrected chi connectivity index (χ3v) is 6.62. The number of amides is 2. The van der Waals surface area contributed by atoms with Crippen LogP contribution in [0.1, 0.15) is 63.9 Å². The molecule has 2 aromatic heterocycles. The highest BCUT2D eigenvalue weighted by Gasteiger charge is 2.51. The first-order valence-corrected chi connectivity index (χ1v) is 12.0. The molecule has 2 amide bonds. The highest BCUT2D eigenvalue weighted by atomic mass is 19.4. The van der Waals surface area contributed by atoms with Gasteiger partial charge in [-0.15, -0.1) is 0 Å². The smallest absolute Gasteiger partial charge is 0.364 e. The second-order valence-corrected chi connectivity index (χ2v) is 10.4. The summed E-state index contributed by atoms with van der Waals surface area (Å²) >= 11 is 0. The van der Waals surface area contributed by atoms with E-state index in [1.165, 1.54) is 15.6 Å². The normalized spacial score (nSPS) is 21.1.